The van der Waals surface area contributed by atoms with E-state index in [0.717, 1.165) is 17.1 Å². The molecule has 1 aromatic heterocycles. The fourth-order valence-corrected chi connectivity index (χ4v) is 2.44. The molecule has 0 N–H and O–H groups in total. The van der Waals surface area contributed by atoms with Gasteiger partial charge in [-0.1, -0.05) is 34.8 Å². The van der Waals surface area contributed by atoms with E-state index in [1.54, 1.807) is 14.0 Å². The zero-order chi connectivity index (χ0) is 15.2. The molecular weight excluding hydrogens is 290 g/mol. The molecule has 110 valence electrons. The van der Waals surface area contributed by atoms with Gasteiger partial charge in [-0.15, -0.1) is 5.10 Å². The SMILES string of the molecule is CCOC(=O)CN(C)C(=O)c1snnc1-c1ccccc1. The second-order valence-electron chi connectivity index (χ2n) is 4.28. The number of nitrogens with zero attached hydrogens (tertiary/aromatic N) is 3. The van der Waals surface area contributed by atoms with Crippen LogP contribution in [0.25, 0.3) is 11.3 Å². The maximum Gasteiger partial charge on any atom is 0.325 e. The molecule has 0 fully saturated rings. The molecule has 1 heterocycles. The van der Waals surface area contributed by atoms with E-state index >= 15 is 0 Å². The number of rotatable bonds is 5. The Labute approximate surface area is 126 Å². The van der Waals surface area contributed by atoms with Crippen LogP contribution in [0.15, 0.2) is 30.3 Å². The summed E-state index contributed by atoms with van der Waals surface area (Å²) < 4.78 is 8.68. The molecule has 21 heavy (non-hydrogen) atoms. The lowest BCUT2D eigenvalue weighted by Gasteiger charge is -2.15. The van der Waals surface area contributed by atoms with Crippen molar-refractivity contribution in [3.05, 3.63) is 35.2 Å². The third-order valence-corrected chi connectivity index (χ3v) is 3.46. The number of hydrogen-bond donors (Lipinski definition) is 0. The van der Waals surface area contributed by atoms with E-state index in [9.17, 15) is 9.59 Å². The first-order valence-corrected chi connectivity index (χ1v) is 7.19. The highest BCUT2D eigenvalue weighted by Gasteiger charge is 2.22. The van der Waals surface area contributed by atoms with Gasteiger partial charge in [-0.25, -0.2) is 0 Å². The van der Waals surface area contributed by atoms with Crippen LogP contribution in [0.4, 0.5) is 0 Å². The van der Waals surface area contributed by atoms with E-state index in [4.69, 9.17) is 4.74 Å². The van der Waals surface area contributed by atoms with Gasteiger partial charge in [-0.3, -0.25) is 9.59 Å². The highest BCUT2D eigenvalue weighted by atomic mass is 32.1. The zero-order valence-electron chi connectivity index (χ0n) is 11.8. The molecule has 1 amide bonds. The number of benzene rings is 1. The standard InChI is InChI=1S/C14H15N3O3S/c1-3-20-11(18)9-17(2)14(19)13-12(15-16-21-13)10-7-5-4-6-8-10/h4-8H,3,9H2,1-2H3. The van der Waals surface area contributed by atoms with Gasteiger partial charge in [0.15, 0.2) is 0 Å². The lowest BCUT2D eigenvalue weighted by molar-refractivity contribution is -0.143. The molecule has 0 spiro atoms. The van der Waals surface area contributed by atoms with E-state index in [0.29, 0.717) is 10.6 Å². The quantitative estimate of drug-likeness (QED) is 0.788. The van der Waals surface area contributed by atoms with Crippen LogP contribution in [0.3, 0.4) is 0 Å². The van der Waals surface area contributed by atoms with Crippen LogP contribution >= 0.6 is 11.5 Å². The molecular formula is C14H15N3O3S. The van der Waals surface area contributed by atoms with Crippen LogP contribution in [-0.2, 0) is 9.53 Å². The van der Waals surface area contributed by atoms with E-state index in [-0.39, 0.29) is 19.1 Å². The summed E-state index contributed by atoms with van der Waals surface area (Å²) in [6.45, 7) is 1.91. The van der Waals surface area contributed by atoms with E-state index in [2.05, 4.69) is 9.59 Å². The first kappa shape index (κ1) is 15.1. The van der Waals surface area contributed by atoms with Crippen LogP contribution in [0.5, 0.6) is 0 Å². The molecule has 0 bridgehead atoms. The van der Waals surface area contributed by atoms with Gasteiger partial charge in [-0.05, 0) is 18.5 Å². The molecule has 0 saturated carbocycles. The van der Waals surface area contributed by atoms with Crippen molar-refractivity contribution in [1.29, 1.82) is 0 Å². The molecule has 0 aliphatic carbocycles. The largest absolute Gasteiger partial charge is 0.465 e. The van der Waals surface area contributed by atoms with E-state index in [1.807, 2.05) is 30.3 Å². The van der Waals surface area contributed by atoms with Gasteiger partial charge in [0.05, 0.1) is 6.61 Å². The number of aromatic nitrogens is 2. The van der Waals surface area contributed by atoms with Crippen LogP contribution in [0.2, 0.25) is 0 Å². The van der Waals surface area contributed by atoms with Crippen molar-refractivity contribution in [2.45, 2.75) is 6.92 Å². The normalized spacial score (nSPS) is 10.2. The molecule has 7 heteroatoms. The molecule has 0 aliphatic rings. The summed E-state index contributed by atoms with van der Waals surface area (Å²) in [4.78, 5) is 25.5. The smallest absolute Gasteiger partial charge is 0.325 e. The van der Waals surface area contributed by atoms with Crippen LogP contribution in [-0.4, -0.2) is 46.6 Å². The molecule has 2 rings (SSSR count). The maximum absolute atomic E-state index is 12.4. The predicted molar refractivity (Wildman–Crippen MR) is 78.9 cm³/mol. The summed E-state index contributed by atoms with van der Waals surface area (Å²) in [7, 11) is 1.55. The molecule has 0 aliphatic heterocycles. The number of carbonyl (C=O) groups excluding carboxylic acids is 2. The van der Waals surface area contributed by atoms with Gasteiger partial charge in [-0.2, -0.15) is 0 Å². The van der Waals surface area contributed by atoms with Gasteiger partial charge in [0, 0.05) is 12.6 Å². The fraction of sp³-hybridized carbons (Fsp3) is 0.286. The molecule has 2 aromatic rings. The Kier molecular flexibility index (Phi) is 4.99. The highest BCUT2D eigenvalue weighted by Crippen LogP contribution is 2.24. The summed E-state index contributed by atoms with van der Waals surface area (Å²) in [5.41, 5.74) is 1.35. The second kappa shape index (κ2) is 6.94. The minimum Gasteiger partial charge on any atom is -0.465 e. The summed E-state index contributed by atoms with van der Waals surface area (Å²) in [5, 5.41) is 4.01. The number of esters is 1. The number of ether oxygens (including phenoxy) is 1. The summed E-state index contributed by atoms with van der Waals surface area (Å²) in [6.07, 6.45) is 0. The van der Waals surface area contributed by atoms with Crippen molar-refractivity contribution in [2.24, 2.45) is 0 Å². The highest BCUT2D eigenvalue weighted by molar-refractivity contribution is 7.08. The van der Waals surface area contributed by atoms with Gasteiger partial charge >= 0.3 is 5.97 Å². The molecule has 0 atom stereocenters. The monoisotopic (exact) mass is 305 g/mol. The number of hydrogen-bond acceptors (Lipinski definition) is 6. The summed E-state index contributed by atoms with van der Waals surface area (Å²) >= 11 is 1.02. The lowest BCUT2D eigenvalue weighted by Crippen LogP contribution is -2.32. The molecule has 1 aromatic carbocycles. The molecule has 6 nitrogen and oxygen atoms in total. The van der Waals surface area contributed by atoms with Crippen LogP contribution in [0.1, 0.15) is 16.6 Å². The Morgan fingerprint density at radius 3 is 2.67 bits per heavy atom. The van der Waals surface area contributed by atoms with Crippen LogP contribution < -0.4 is 0 Å². The van der Waals surface area contributed by atoms with Crippen molar-refractivity contribution in [1.82, 2.24) is 14.5 Å². The Hall–Kier alpha value is -2.28. The lowest BCUT2D eigenvalue weighted by atomic mass is 10.1. The molecule has 0 unspecified atom stereocenters. The second-order valence-corrected chi connectivity index (χ2v) is 5.04. The third-order valence-electron chi connectivity index (χ3n) is 2.75. The van der Waals surface area contributed by atoms with Crippen molar-refractivity contribution in [2.75, 3.05) is 20.2 Å². The number of amides is 1. The first-order valence-electron chi connectivity index (χ1n) is 6.42. The van der Waals surface area contributed by atoms with Crippen molar-refractivity contribution in [3.63, 3.8) is 0 Å². The maximum atomic E-state index is 12.4. The average Bonchev–Trinajstić information content (AvgIpc) is 2.96. The minimum absolute atomic E-state index is 0.0984. The number of likely N-dealkylation sites (N-methyl/N-ethyl adjacent to an activating group) is 1. The predicted octanol–water partition coefficient (Wildman–Crippen LogP) is 1.84. The fourth-order valence-electron chi connectivity index (χ4n) is 1.76. The van der Waals surface area contributed by atoms with Gasteiger partial charge in [0.25, 0.3) is 5.91 Å². The Morgan fingerprint density at radius 2 is 2.00 bits per heavy atom. The zero-order valence-corrected chi connectivity index (χ0v) is 12.6. The Balaban J connectivity index is 2.17. The molecule has 0 saturated heterocycles. The van der Waals surface area contributed by atoms with E-state index in [1.165, 1.54) is 4.90 Å². The van der Waals surface area contributed by atoms with Crippen LogP contribution in [0, 0.1) is 0 Å². The Morgan fingerprint density at radius 1 is 1.29 bits per heavy atom. The average molecular weight is 305 g/mol. The van der Waals surface area contributed by atoms with Crippen molar-refractivity contribution >= 4 is 23.4 Å². The third kappa shape index (κ3) is 3.63. The minimum atomic E-state index is -0.438. The molecule has 0 radical (unpaired) electrons. The van der Waals surface area contributed by atoms with Gasteiger partial charge in [0.1, 0.15) is 17.1 Å². The summed E-state index contributed by atoms with van der Waals surface area (Å²) in [5.74, 6) is -0.732. The van der Waals surface area contributed by atoms with Gasteiger partial charge < -0.3 is 9.64 Å². The summed E-state index contributed by atoms with van der Waals surface area (Å²) in [6, 6.07) is 9.34. The first-order chi connectivity index (χ1) is 10.1. The Bertz CT molecular complexity index is 627. The van der Waals surface area contributed by atoms with E-state index < -0.39 is 5.97 Å². The topological polar surface area (TPSA) is 72.4 Å². The van der Waals surface area contributed by atoms with Crippen molar-refractivity contribution in [3.8, 4) is 11.3 Å². The van der Waals surface area contributed by atoms with Gasteiger partial charge in [0.2, 0.25) is 0 Å². The number of carbonyl (C=O) groups is 2. The van der Waals surface area contributed by atoms with Crippen molar-refractivity contribution < 1.29 is 14.3 Å².